The maximum absolute atomic E-state index is 12.1. The Morgan fingerprint density at radius 1 is 1.30 bits per heavy atom. The Labute approximate surface area is 200 Å². The quantitative estimate of drug-likeness (QED) is 0.431. The lowest BCUT2D eigenvalue weighted by molar-refractivity contribution is -0.122. The molecule has 11 heteroatoms. The highest BCUT2D eigenvalue weighted by Gasteiger charge is 2.35. The molecular formula is C22H27Cl2N3O6. The van der Waals surface area contributed by atoms with Gasteiger partial charge in [0.05, 0.1) is 22.8 Å². The van der Waals surface area contributed by atoms with Crippen LogP contribution in [0.3, 0.4) is 0 Å². The van der Waals surface area contributed by atoms with Gasteiger partial charge in [0.25, 0.3) is 5.56 Å². The van der Waals surface area contributed by atoms with E-state index in [0.29, 0.717) is 47.2 Å². The van der Waals surface area contributed by atoms with E-state index in [9.17, 15) is 19.5 Å². The predicted octanol–water partition coefficient (Wildman–Crippen LogP) is 2.42. The number of ether oxygens (including phenoxy) is 2. The zero-order chi connectivity index (χ0) is 24.0. The van der Waals surface area contributed by atoms with Crippen molar-refractivity contribution >= 4 is 29.1 Å². The second-order valence-electron chi connectivity index (χ2n) is 7.77. The number of halogens is 2. The van der Waals surface area contributed by atoms with Crippen LogP contribution < -0.4 is 21.3 Å². The minimum absolute atomic E-state index is 0.112. The number of aromatic nitrogens is 2. The van der Waals surface area contributed by atoms with Gasteiger partial charge in [-0.05, 0) is 31.4 Å². The number of unbranched alkanes of at least 4 members (excludes halogenated alkanes) is 1. The van der Waals surface area contributed by atoms with E-state index in [-0.39, 0.29) is 25.3 Å². The van der Waals surface area contributed by atoms with Gasteiger partial charge in [0.1, 0.15) is 12.3 Å². The smallest absolute Gasteiger partial charge is 0.330 e. The maximum atomic E-state index is 12.1. The lowest BCUT2D eigenvalue weighted by atomic mass is 10.1. The monoisotopic (exact) mass is 499 g/mol. The summed E-state index contributed by atoms with van der Waals surface area (Å²) >= 11 is 12.1. The molecule has 1 aliphatic rings. The largest absolute Gasteiger partial charge is 0.490 e. The summed E-state index contributed by atoms with van der Waals surface area (Å²) in [5.41, 5.74) is -0.578. The third-order valence-corrected chi connectivity index (χ3v) is 6.00. The lowest BCUT2D eigenvalue weighted by Gasteiger charge is -2.17. The molecule has 2 heterocycles. The average molecular weight is 500 g/mol. The van der Waals surface area contributed by atoms with Gasteiger partial charge in [-0.1, -0.05) is 36.2 Å². The second kappa shape index (κ2) is 11.7. The molecule has 1 fully saturated rings. The van der Waals surface area contributed by atoms with Crippen molar-refractivity contribution in [2.45, 2.75) is 57.5 Å². The van der Waals surface area contributed by atoms with E-state index in [0.717, 1.165) is 0 Å². The summed E-state index contributed by atoms with van der Waals surface area (Å²) in [6.45, 7) is 2.29. The molecule has 1 saturated heterocycles. The summed E-state index contributed by atoms with van der Waals surface area (Å²) in [7, 11) is 0. The van der Waals surface area contributed by atoms with Crippen LogP contribution in [-0.4, -0.2) is 45.9 Å². The van der Waals surface area contributed by atoms with E-state index >= 15 is 0 Å². The fourth-order valence-electron chi connectivity index (χ4n) is 3.55. The van der Waals surface area contributed by atoms with Crippen LogP contribution in [0.5, 0.6) is 5.75 Å². The molecular weight excluding hydrogens is 473 g/mol. The van der Waals surface area contributed by atoms with E-state index in [1.54, 1.807) is 25.1 Å². The molecule has 3 atom stereocenters. The van der Waals surface area contributed by atoms with Crippen LogP contribution in [0.15, 0.2) is 34.0 Å². The molecule has 0 aliphatic carbocycles. The maximum Gasteiger partial charge on any atom is 0.330 e. The van der Waals surface area contributed by atoms with Gasteiger partial charge in [-0.3, -0.25) is 19.1 Å². The number of hydrogen-bond donors (Lipinski definition) is 3. The number of para-hydroxylation sites is 1. The van der Waals surface area contributed by atoms with E-state index < -0.39 is 29.7 Å². The highest BCUT2D eigenvalue weighted by Crippen LogP contribution is 2.32. The Hall–Kier alpha value is -2.33. The first-order valence-electron chi connectivity index (χ1n) is 10.8. The van der Waals surface area contributed by atoms with E-state index in [1.165, 1.54) is 10.8 Å². The number of rotatable bonds is 10. The predicted molar refractivity (Wildman–Crippen MR) is 124 cm³/mol. The number of H-pyrrole nitrogens is 1. The van der Waals surface area contributed by atoms with Crippen molar-refractivity contribution in [3.8, 4) is 5.75 Å². The minimum Gasteiger partial charge on any atom is -0.490 e. The summed E-state index contributed by atoms with van der Waals surface area (Å²) in [4.78, 5) is 38.3. The van der Waals surface area contributed by atoms with Crippen LogP contribution >= 0.6 is 23.2 Å². The van der Waals surface area contributed by atoms with Crippen molar-refractivity contribution in [1.82, 2.24) is 14.9 Å². The second-order valence-corrected chi connectivity index (χ2v) is 8.58. The third kappa shape index (κ3) is 6.60. The van der Waals surface area contributed by atoms with Crippen molar-refractivity contribution in [3.63, 3.8) is 0 Å². The lowest BCUT2D eigenvalue weighted by Crippen LogP contribution is -2.37. The fourth-order valence-corrected chi connectivity index (χ4v) is 4.05. The summed E-state index contributed by atoms with van der Waals surface area (Å²) in [6.07, 6.45) is 1.37. The SMILES string of the molecule is CCc1cn([C@H]2C[C@H](O)[C@@H](CNC(=O)CCCCOc3c(Cl)cccc3Cl)O2)c(=O)[nH]c1=O. The standard InChI is InChI=1S/C22H27Cl2N3O6/c1-2-13-12-27(22(31)26-21(13)30)19-10-16(28)17(33-19)11-25-18(29)8-3-4-9-32-20-14(23)6-5-7-15(20)24/h5-7,12,16-17,19,28H,2-4,8-11H2,1H3,(H,25,29)(H,26,30,31)/t16-,17+,19+/m0/s1. The minimum atomic E-state index is -0.854. The molecule has 3 N–H and O–H groups in total. The number of aryl methyl sites for hydroxylation is 1. The fraction of sp³-hybridized carbons (Fsp3) is 0.500. The molecule has 33 heavy (non-hydrogen) atoms. The number of aliphatic hydroxyl groups is 1. The van der Waals surface area contributed by atoms with Gasteiger partial charge in [0.15, 0.2) is 5.75 Å². The number of aliphatic hydroxyl groups excluding tert-OH is 1. The molecule has 2 aromatic rings. The Balaban J connectivity index is 1.41. The Kier molecular flexibility index (Phi) is 8.96. The summed E-state index contributed by atoms with van der Waals surface area (Å²) < 4.78 is 12.6. The molecule has 0 saturated carbocycles. The number of carbonyl (C=O) groups is 1. The number of hydrogen-bond acceptors (Lipinski definition) is 6. The first-order valence-corrected chi connectivity index (χ1v) is 11.6. The third-order valence-electron chi connectivity index (χ3n) is 5.40. The average Bonchev–Trinajstić information content (AvgIpc) is 3.14. The molecule has 1 amide bonds. The van der Waals surface area contributed by atoms with Crippen molar-refractivity contribution in [2.24, 2.45) is 0 Å². The van der Waals surface area contributed by atoms with Crippen molar-refractivity contribution < 1.29 is 19.4 Å². The molecule has 0 spiro atoms. The Morgan fingerprint density at radius 3 is 2.73 bits per heavy atom. The molecule has 0 bridgehead atoms. The number of nitrogens with one attached hydrogen (secondary N) is 2. The number of nitrogens with zero attached hydrogens (tertiary/aromatic N) is 1. The van der Waals surface area contributed by atoms with Crippen LogP contribution in [0.25, 0.3) is 0 Å². The van der Waals surface area contributed by atoms with E-state index in [2.05, 4.69) is 10.3 Å². The molecule has 1 aliphatic heterocycles. The first-order chi connectivity index (χ1) is 15.8. The molecule has 1 aromatic carbocycles. The van der Waals surface area contributed by atoms with Crippen LogP contribution in [0, 0.1) is 0 Å². The number of benzene rings is 1. The van der Waals surface area contributed by atoms with E-state index in [1.807, 2.05) is 0 Å². The number of aromatic amines is 1. The Morgan fingerprint density at radius 2 is 2.03 bits per heavy atom. The number of carbonyl (C=O) groups excluding carboxylic acids is 1. The Bertz CT molecular complexity index is 1070. The van der Waals surface area contributed by atoms with Crippen molar-refractivity contribution in [1.29, 1.82) is 0 Å². The van der Waals surface area contributed by atoms with Gasteiger partial charge in [0, 0.05) is 31.1 Å². The molecule has 9 nitrogen and oxygen atoms in total. The van der Waals surface area contributed by atoms with Gasteiger partial charge < -0.3 is 19.9 Å². The van der Waals surface area contributed by atoms with Gasteiger partial charge in [0.2, 0.25) is 5.91 Å². The van der Waals surface area contributed by atoms with Gasteiger partial charge in [-0.2, -0.15) is 0 Å². The summed E-state index contributed by atoms with van der Waals surface area (Å²) in [6, 6.07) is 5.11. The highest BCUT2D eigenvalue weighted by atomic mass is 35.5. The zero-order valence-corrected chi connectivity index (χ0v) is 19.7. The van der Waals surface area contributed by atoms with Gasteiger partial charge in [-0.25, -0.2) is 4.79 Å². The van der Waals surface area contributed by atoms with Crippen LogP contribution in [0.4, 0.5) is 0 Å². The number of amides is 1. The molecule has 180 valence electrons. The first kappa shape index (κ1) is 25.3. The van der Waals surface area contributed by atoms with Gasteiger partial charge >= 0.3 is 5.69 Å². The molecule has 0 unspecified atom stereocenters. The molecule has 3 rings (SSSR count). The summed E-state index contributed by atoms with van der Waals surface area (Å²) in [5.74, 6) is 0.249. The zero-order valence-electron chi connectivity index (χ0n) is 18.2. The topological polar surface area (TPSA) is 123 Å². The van der Waals surface area contributed by atoms with E-state index in [4.69, 9.17) is 32.7 Å². The van der Waals surface area contributed by atoms with Crippen LogP contribution in [0.2, 0.25) is 10.0 Å². The van der Waals surface area contributed by atoms with Crippen LogP contribution in [-0.2, 0) is 16.0 Å². The van der Waals surface area contributed by atoms with Gasteiger partial charge in [-0.15, -0.1) is 0 Å². The molecule has 0 radical (unpaired) electrons. The molecule has 1 aromatic heterocycles. The van der Waals surface area contributed by atoms with Crippen molar-refractivity contribution in [2.75, 3.05) is 13.2 Å². The normalized spacial score (nSPS) is 20.1. The highest BCUT2D eigenvalue weighted by molar-refractivity contribution is 6.37. The van der Waals surface area contributed by atoms with Crippen molar-refractivity contribution in [3.05, 3.63) is 60.8 Å². The summed E-state index contributed by atoms with van der Waals surface area (Å²) in [5, 5.41) is 13.9. The van der Waals surface area contributed by atoms with Crippen LogP contribution in [0.1, 0.15) is 44.4 Å².